The number of nitrogens with zero attached hydrogens (tertiary/aromatic N) is 1. The van der Waals surface area contributed by atoms with Crippen LogP contribution < -0.4 is 10.6 Å². The fraction of sp³-hybridized carbons (Fsp3) is 0.375. The fourth-order valence-corrected chi connectivity index (χ4v) is 3.50. The molecule has 1 heterocycles. The van der Waals surface area contributed by atoms with Gasteiger partial charge in [-0.05, 0) is 57.9 Å². The molecule has 1 aromatic heterocycles. The molecule has 2 aromatic rings. The van der Waals surface area contributed by atoms with Gasteiger partial charge < -0.3 is 10.6 Å². The minimum absolute atomic E-state index is 0.00987. The molecular formula is C16H20BrFN2S. The lowest BCUT2D eigenvalue weighted by Crippen LogP contribution is -2.25. The number of anilines is 1. The number of thiophene rings is 1. The Balaban J connectivity index is 2.23. The third kappa shape index (κ3) is 4.28. The van der Waals surface area contributed by atoms with Crippen LogP contribution >= 0.6 is 27.3 Å². The van der Waals surface area contributed by atoms with Crippen molar-refractivity contribution in [1.29, 1.82) is 0 Å². The first-order valence-corrected chi connectivity index (χ1v) is 8.65. The molecular weight excluding hydrogens is 351 g/mol. The van der Waals surface area contributed by atoms with Gasteiger partial charge in [0.15, 0.2) is 0 Å². The van der Waals surface area contributed by atoms with Crippen LogP contribution in [0.1, 0.15) is 24.5 Å². The number of rotatable bonds is 6. The number of hydrogen-bond acceptors (Lipinski definition) is 3. The van der Waals surface area contributed by atoms with E-state index in [9.17, 15) is 4.39 Å². The molecule has 2 N–H and O–H groups in total. The highest BCUT2D eigenvalue weighted by Gasteiger charge is 2.15. The minimum atomic E-state index is -0.172. The summed E-state index contributed by atoms with van der Waals surface area (Å²) in [6.07, 6.45) is 1.41. The summed E-state index contributed by atoms with van der Waals surface area (Å²) >= 11 is 5.13. The average Bonchev–Trinajstić information content (AvgIpc) is 2.86. The van der Waals surface area contributed by atoms with Gasteiger partial charge in [-0.2, -0.15) is 0 Å². The molecule has 0 radical (unpaired) electrons. The molecule has 0 saturated carbocycles. The van der Waals surface area contributed by atoms with Gasteiger partial charge in [0, 0.05) is 30.9 Å². The Kier molecular flexibility index (Phi) is 5.79. The quantitative estimate of drug-likeness (QED) is 0.806. The van der Waals surface area contributed by atoms with Crippen LogP contribution in [-0.4, -0.2) is 13.1 Å². The van der Waals surface area contributed by atoms with E-state index in [0.717, 1.165) is 22.4 Å². The van der Waals surface area contributed by atoms with Crippen LogP contribution in [0.5, 0.6) is 0 Å². The van der Waals surface area contributed by atoms with Gasteiger partial charge >= 0.3 is 0 Å². The summed E-state index contributed by atoms with van der Waals surface area (Å²) in [7, 11) is 1.99. The summed E-state index contributed by atoms with van der Waals surface area (Å²) in [5.74, 6) is -0.172. The summed E-state index contributed by atoms with van der Waals surface area (Å²) in [5, 5.41) is 2.11. The fourth-order valence-electron chi connectivity index (χ4n) is 2.30. The predicted octanol–water partition coefficient (Wildman–Crippen LogP) is 4.57. The van der Waals surface area contributed by atoms with Crippen LogP contribution in [0.4, 0.5) is 10.1 Å². The van der Waals surface area contributed by atoms with E-state index in [1.54, 1.807) is 17.4 Å². The second-order valence-electron chi connectivity index (χ2n) is 5.23. The van der Waals surface area contributed by atoms with Gasteiger partial charge in [-0.3, -0.25) is 0 Å². The van der Waals surface area contributed by atoms with E-state index >= 15 is 0 Å². The molecule has 2 nitrogen and oxygen atoms in total. The highest BCUT2D eigenvalue weighted by atomic mass is 79.9. The Morgan fingerprint density at radius 3 is 2.81 bits per heavy atom. The molecule has 0 aliphatic heterocycles. The third-order valence-corrected chi connectivity index (χ3v) is 5.09. The summed E-state index contributed by atoms with van der Waals surface area (Å²) < 4.78 is 15.3. The maximum Gasteiger partial charge on any atom is 0.128 e. The summed E-state index contributed by atoms with van der Waals surface area (Å²) in [6, 6.07) is 7.31. The number of nitrogens with two attached hydrogens (primary N) is 1. The van der Waals surface area contributed by atoms with Crippen LogP contribution in [0.2, 0.25) is 0 Å². The van der Waals surface area contributed by atoms with Gasteiger partial charge in [0.1, 0.15) is 5.82 Å². The lowest BCUT2D eigenvalue weighted by Gasteiger charge is -2.23. The topological polar surface area (TPSA) is 29.3 Å². The Bertz CT molecular complexity index is 600. The maximum absolute atomic E-state index is 14.2. The van der Waals surface area contributed by atoms with Crippen molar-refractivity contribution in [3.63, 3.8) is 0 Å². The van der Waals surface area contributed by atoms with Crippen molar-refractivity contribution in [2.45, 2.75) is 32.4 Å². The first-order chi connectivity index (χ1) is 10.0. The highest BCUT2D eigenvalue weighted by Crippen LogP contribution is 2.27. The molecule has 0 spiro atoms. The average molecular weight is 371 g/mol. The van der Waals surface area contributed by atoms with E-state index in [4.69, 9.17) is 5.73 Å². The van der Waals surface area contributed by atoms with Crippen molar-refractivity contribution in [2.75, 3.05) is 11.9 Å². The van der Waals surface area contributed by atoms with Gasteiger partial charge in [-0.1, -0.05) is 13.0 Å². The van der Waals surface area contributed by atoms with E-state index in [0.29, 0.717) is 12.0 Å². The molecule has 0 bridgehead atoms. The molecule has 0 fully saturated rings. The van der Waals surface area contributed by atoms with Crippen molar-refractivity contribution in [2.24, 2.45) is 5.73 Å². The third-order valence-electron chi connectivity index (χ3n) is 3.54. The normalized spacial score (nSPS) is 12.4. The lowest BCUT2D eigenvalue weighted by atomic mass is 10.0. The Labute approximate surface area is 137 Å². The smallest absolute Gasteiger partial charge is 0.128 e. The largest absolute Gasteiger partial charge is 0.370 e. The molecule has 0 saturated heterocycles. The Morgan fingerprint density at radius 1 is 1.43 bits per heavy atom. The summed E-state index contributed by atoms with van der Waals surface area (Å²) in [4.78, 5) is 2.08. The number of hydrogen-bond donors (Lipinski definition) is 1. The number of halogens is 2. The van der Waals surface area contributed by atoms with E-state index in [1.807, 2.05) is 20.0 Å². The van der Waals surface area contributed by atoms with Gasteiger partial charge in [-0.15, -0.1) is 11.3 Å². The first-order valence-electron chi connectivity index (χ1n) is 6.98. The highest BCUT2D eigenvalue weighted by molar-refractivity contribution is 9.11. The summed E-state index contributed by atoms with van der Waals surface area (Å²) in [5.41, 5.74) is 8.85. The monoisotopic (exact) mass is 370 g/mol. The van der Waals surface area contributed by atoms with Crippen molar-refractivity contribution >= 4 is 33.0 Å². The predicted molar refractivity (Wildman–Crippen MR) is 92.5 cm³/mol. The molecule has 1 unspecified atom stereocenters. The molecule has 5 heteroatoms. The standard InChI is InChI=1S/C16H20BrFN2S/c1-3-12(19)8-13-14(18)5-4-6-15(13)20(2)9-11-7-16(17)21-10-11/h4-7,10,12H,3,8-9,19H2,1-2H3. The molecule has 1 aromatic carbocycles. The van der Waals surface area contributed by atoms with Crippen LogP contribution in [0.15, 0.2) is 33.4 Å². The van der Waals surface area contributed by atoms with Crippen LogP contribution in [0, 0.1) is 5.82 Å². The van der Waals surface area contributed by atoms with Crippen molar-refractivity contribution in [3.8, 4) is 0 Å². The van der Waals surface area contributed by atoms with Crippen molar-refractivity contribution in [3.05, 3.63) is 50.4 Å². The molecule has 0 amide bonds. The van der Waals surface area contributed by atoms with E-state index in [2.05, 4.69) is 32.3 Å². The SMILES string of the molecule is CCC(N)Cc1c(F)cccc1N(C)Cc1csc(Br)c1. The zero-order chi connectivity index (χ0) is 15.4. The van der Waals surface area contributed by atoms with Crippen LogP contribution in [0.25, 0.3) is 0 Å². The van der Waals surface area contributed by atoms with Gasteiger partial charge in [-0.25, -0.2) is 4.39 Å². The lowest BCUT2D eigenvalue weighted by molar-refractivity contribution is 0.578. The van der Waals surface area contributed by atoms with Gasteiger partial charge in [0.2, 0.25) is 0 Å². The summed E-state index contributed by atoms with van der Waals surface area (Å²) in [6.45, 7) is 2.78. The number of benzene rings is 1. The first kappa shape index (κ1) is 16.5. The maximum atomic E-state index is 14.2. The molecule has 2 rings (SSSR count). The van der Waals surface area contributed by atoms with Crippen LogP contribution in [-0.2, 0) is 13.0 Å². The van der Waals surface area contributed by atoms with E-state index < -0.39 is 0 Å². The van der Waals surface area contributed by atoms with Crippen LogP contribution in [0.3, 0.4) is 0 Å². The van der Waals surface area contributed by atoms with Crippen molar-refractivity contribution < 1.29 is 4.39 Å². The zero-order valence-corrected chi connectivity index (χ0v) is 14.7. The Morgan fingerprint density at radius 2 is 2.19 bits per heavy atom. The minimum Gasteiger partial charge on any atom is -0.370 e. The molecule has 1 atom stereocenters. The molecule has 0 aliphatic carbocycles. The zero-order valence-electron chi connectivity index (χ0n) is 12.3. The van der Waals surface area contributed by atoms with E-state index in [-0.39, 0.29) is 11.9 Å². The second-order valence-corrected chi connectivity index (χ2v) is 7.52. The molecule has 21 heavy (non-hydrogen) atoms. The Hall–Kier alpha value is -0.910. The van der Waals surface area contributed by atoms with E-state index in [1.165, 1.54) is 11.6 Å². The molecule has 114 valence electrons. The second kappa shape index (κ2) is 7.38. The van der Waals surface area contributed by atoms with Gasteiger partial charge in [0.05, 0.1) is 3.79 Å². The van der Waals surface area contributed by atoms with Gasteiger partial charge in [0.25, 0.3) is 0 Å². The van der Waals surface area contributed by atoms with Crippen molar-refractivity contribution in [1.82, 2.24) is 0 Å². The molecule has 0 aliphatic rings.